The van der Waals surface area contributed by atoms with E-state index in [9.17, 15) is 0 Å². The van der Waals surface area contributed by atoms with Crippen molar-refractivity contribution in [1.29, 1.82) is 0 Å². The predicted molar refractivity (Wildman–Crippen MR) is 69.2 cm³/mol. The molecule has 2 aromatic rings. The van der Waals surface area contributed by atoms with Gasteiger partial charge >= 0.3 is 0 Å². The van der Waals surface area contributed by atoms with Crippen LogP contribution in [0.3, 0.4) is 0 Å². The Bertz CT molecular complexity index is 551. The molecule has 3 rings (SSSR count). The number of nitrogen functional groups attached to an aromatic ring is 1. The van der Waals surface area contributed by atoms with Gasteiger partial charge in [-0.15, -0.1) is 0 Å². The number of fused-ring (bicyclic) bond motifs is 1. The lowest BCUT2D eigenvalue weighted by Crippen LogP contribution is -2.02. The highest BCUT2D eigenvalue weighted by Crippen LogP contribution is 2.27. The summed E-state index contributed by atoms with van der Waals surface area (Å²) in [5, 5.41) is 0. The van der Waals surface area contributed by atoms with Crippen molar-refractivity contribution in [2.45, 2.75) is 25.9 Å². The smallest absolute Gasteiger partial charge is 0.220 e. The van der Waals surface area contributed by atoms with Gasteiger partial charge in [0, 0.05) is 11.3 Å². The van der Waals surface area contributed by atoms with Gasteiger partial charge in [-0.1, -0.05) is 12.1 Å². The maximum atomic E-state index is 5.78. The van der Waals surface area contributed by atoms with Crippen molar-refractivity contribution in [3.63, 3.8) is 0 Å². The standard InChI is InChI=1S/C14H15N3O/c15-11-6-4-10(5-7-11)8-18-14-12-2-1-3-13(12)16-9-17-14/h4-7,9H,1-3,8,15H2. The number of aromatic nitrogens is 2. The van der Waals surface area contributed by atoms with E-state index in [1.165, 1.54) is 5.56 Å². The largest absolute Gasteiger partial charge is 0.473 e. The summed E-state index contributed by atoms with van der Waals surface area (Å²) >= 11 is 0. The predicted octanol–water partition coefficient (Wildman–Crippen LogP) is 2.13. The Labute approximate surface area is 106 Å². The Morgan fingerprint density at radius 1 is 1.11 bits per heavy atom. The fourth-order valence-electron chi connectivity index (χ4n) is 2.22. The number of benzene rings is 1. The van der Waals surface area contributed by atoms with Crippen LogP contribution in [0.1, 0.15) is 23.2 Å². The molecule has 0 spiro atoms. The van der Waals surface area contributed by atoms with Crippen LogP contribution < -0.4 is 10.5 Å². The molecule has 0 atom stereocenters. The first-order valence-corrected chi connectivity index (χ1v) is 6.13. The maximum Gasteiger partial charge on any atom is 0.220 e. The molecule has 1 aliphatic carbocycles. The molecule has 0 saturated heterocycles. The van der Waals surface area contributed by atoms with Gasteiger partial charge in [-0.3, -0.25) is 0 Å². The Balaban J connectivity index is 1.74. The number of nitrogens with two attached hydrogens (primary N) is 1. The number of hydrogen-bond donors (Lipinski definition) is 1. The van der Waals surface area contributed by atoms with Crippen molar-refractivity contribution >= 4 is 5.69 Å². The van der Waals surface area contributed by atoms with E-state index in [0.717, 1.165) is 42.1 Å². The van der Waals surface area contributed by atoms with Crippen molar-refractivity contribution < 1.29 is 4.74 Å². The van der Waals surface area contributed by atoms with Crippen LogP contribution in [0.25, 0.3) is 0 Å². The second-order valence-electron chi connectivity index (χ2n) is 4.49. The number of hydrogen-bond acceptors (Lipinski definition) is 4. The highest BCUT2D eigenvalue weighted by atomic mass is 16.5. The highest BCUT2D eigenvalue weighted by molar-refractivity contribution is 5.39. The second kappa shape index (κ2) is 4.64. The normalized spacial score (nSPS) is 13.3. The van der Waals surface area contributed by atoms with Crippen LogP contribution in [-0.2, 0) is 19.4 Å². The van der Waals surface area contributed by atoms with Crippen LogP contribution in [0, 0.1) is 0 Å². The number of aryl methyl sites for hydroxylation is 1. The molecule has 4 nitrogen and oxygen atoms in total. The minimum atomic E-state index is 0.518. The Kier molecular flexibility index (Phi) is 2.84. The number of rotatable bonds is 3. The molecule has 1 heterocycles. The van der Waals surface area contributed by atoms with Gasteiger partial charge in [0.1, 0.15) is 12.9 Å². The molecule has 0 radical (unpaired) electrons. The minimum absolute atomic E-state index is 0.518. The zero-order valence-corrected chi connectivity index (χ0v) is 10.1. The third-order valence-electron chi connectivity index (χ3n) is 3.19. The summed E-state index contributed by atoms with van der Waals surface area (Å²) in [6, 6.07) is 7.69. The molecule has 0 saturated carbocycles. The SMILES string of the molecule is Nc1ccc(COc2ncnc3c2CCC3)cc1. The Morgan fingerprint density at radius 3 is 2.78 bits per heavy atom. The molecule has 18 heavy (non-hydrogen) atoms. The van der Waals surface area contributed by atoms with Gasteiger partial charge in [0.15, 0.2) is 0 Å². The van der Waals surface area contributed by atoms with E-state index in [1.54, 1.807) is 6.33 Å². The van der Waals surface area contributed by atoms with Crippen LogP contribution in [0.4, 0.5) is 5.69 Å². The first-order chi connectivity index (χ1) is 8.83. The molecule has 0 bridgehead atoms. The third-order valence-corrected chi connectivity index (χ3v) is 3.19. The van der Waals surface area contributed by atoms with E-state index >= 15 is 0 Å². The molecule has 2 N–H and O–H groups in total. The van der Waals surface area contributed by atoms with Crippen molar-refractivity contribution in [2.75, 3.05) is 5.73 Å². The molecule has 0 aliphatic heterocycles. The van der Waals surface area contributed by atoms with Crippen LogP contribution in [0.2, 0.25) is 0 Å². The van der Waals surface area contributed by atoms with Crippen molar-refractivity contribution in [3.8, 4) is 5.88 Å². The number of anilines is 1. The van der Waals surface area contributed by atoms with Gasteiger partial charge in [-0.2, -0.15) is 0 Å². The number of ether oxygens (including phenoxy) is 1. The minimum Gasteiger partial charge on any atom is -0.473 e. The fourth-order valence-corrected chi connectivity index (χ4v) is 2.22. The molecular weight excluding hydrogens is 226 g/mol. The monoisotopic (exact) mass is 241 g/mol. The molecule has 4 heteroatoms. The van der Waals surface area contributed by atoms with Crippen LogP contribution >= 0.6 is 0 Å². The van der Waals surface area contributed by atoms with Gasteiger partial charge in [-0.05, 0) is 37.0 Å². The Morgan fingerprint density at radius 2 is 1.94 bits per heavy atom. The van der Waals surface area contributed by atoms with Crippen molar-refractivity contribution in [2.24, 2.45) is 0 Å². The topological polar surface area (TPSA) is 61.0 Å². The lowest BCUT2D eigenvalue weighted by Gasteiger charge is -2.09. The molecule has 0 unspecified atom stereocenters. The summed E-state index contributed by atoms with van der Waals surface area (Å²) in [5.41, 5.74) is 9.81. The van der Waals surface area contributed by atoms with E-state index in [0.29, 0.717) is 6.61 Å². The van der Waals surface area contributed by atoms with Gasteiger partial charge < -0.3 is 10.5 Å². The van der Waals surface area contributed by atoms with Gasteiger partial charge in [0.25, 0.3) is 0 Å². The van der Waals surface area contributed by atoms with Crippen LogP contribution in [-0.4, -0.2) is 9.97 Å². The van der Waals surface area contributed by atoms with E-state index in [2.05, 4.69) is 9.97 Å². The summed E-state index contributed by atoms with van der Waals surface area (Å²) in [4.78, 5) is 8.50. The Hall–Kier alpha value is -2.10. The maximum absolute atomic E-state index is 5.78. The van der Waals surface area contributed by atoms with Gasteiger partial charge in [0.2, 0.25) is 5.88 Å². The second-order valence-corrected chi connectivity index (χ2v) is 4.49. The zero-order chi connectivity index (χ0) is 12.4. The average Bonchev–Trinajstić information content (AvgIpc) is 2.87. The van der Waals surface area contributed by atoms with Crippen LogP contribution in [0.5, 0.6) is 5.88 Å². The van der Waals surface area contributed by atoms with E-state index in [1.807, 2.05) is 24.3 Å². The summed E-state index contributed by atoms with van der Waals surface area (Å²) in [6.45, 7) is 0.518. The van der Waals surface area contributed by atoms with Gasteiger partial charge in [-0.25, -0.2) is 9.97 Å². The molecule has 1 aliphatic rings. The fraction of sp³-hybridized carbons (Fsp3) is 0.286. The molecule has 0 amide bonds. The average molecular weight is 241 g/mol. The molecule has 0 fully saturated rings. The van der Waals surface area contributed by atoms with Crippen LogP contribution in [0.15, 0.2) is 30.6 Å². The van der Waals surface area contributed by atoms with E-state index in [-0.39, 0.29) is 0 Å². The van der Waals surface area contributed by atoms with Crippen molar-refractivity contribution in [1.82, 2.24) is 9.97 Å². The summed E-state index contributed by atoms with van der Waals surface area (Å²) in [7, 11) is 0. The van der Waals surface area contributed by atoms with E-state index in [4.69, 9.17) is 10.5 Å². The molecule has 1 aromatic carbocycles. The lowest BCUT2D eigenvalue weighted by molar-refractivity contribution is 0.290. The van der Waals surface area contributed by atoms with Crippen molar-refractivity contribution in [3.05, 3.63) is 47.4 Å². The molecule has 1 aromatic heterocycles. The molecule has 92 valence electrons. The first-order valence-electron chi connectivity index (χ1n) is 6.13. The first kappa shape index (κ1) is 11.0. The zero-order valence-electron chi connectivity index (χ0n) is 10.1. The van der Waals surface area contributed by atoms with Gasteiger partial charge in [0.05, 0.1) is 5.69 Å². The molecular formula is C14H15N3O. The number of nitrogens with zero attached hydrogens (tertiary/aromatic N) is 2. The lowest BCUT2D eigenvalue weighted by atomic mass is 10.2. The summed E-state index contributed by atoms with van der Waals surface area (Å²) in [5.74, 6) is 0.731. The highest BCUT2D eigenvalue weighted by Gasteiger charge is 2.17. The summed E-state index contributed by atoms with van der Waals surface area (Å²) in [6.07, 6.45) is 4.79. The third kappa shape index (κ3) is 2.14. The quantitative estimate of drug-likeness (QED) is 0.836. The van der Waals surface area contributed by atoms with E-state index < -0.39 is 0 Å². The summed E-state index contributed by atoms with van der Waals surface area (Å²) < 4.78 is 5.78.